The number of nitrogens with one attached hydrogen (secondary N) is 1. The highest BCUT2D eigenvalue weighted by atomic mass is 16.3. The van der Waals surface area contributed by atoms with E-state index in [2.05, 4.69) is 29.2 Å². The van der Waals surface area contributed by atoms with Crippen LogP contribution in [-0.2, 0) is 4.79 Å². The number of aliphatic hydroxyl groups is 1. The summed E-state index contributed by atoms with van der Waals surface area (Å²) < 4.78 is 0. The zero-order valence-corrected chi connectivity index (χ0v) is 14.2. The molecule has 0 radical (unpaired) electrons. The fourth-order valence-corrected chi connectivity index (χ4v) is 2.88. The molecule has 0 spiro atoms. The van der Waals surface area contributed by atoms with E-state index in [0.29, 0.717) is 18.0 Å². The van der Waals surface area contributed by atoms with Crippen LogP contribution in [0, 0.1) is 5.92 Å². The number of benzene rings is 1. The Hall–Kier alpha value is -1.43. The summed E-state index contributed by atoms with van der Waals surface area (Å²) in [7, 11) is 4.20. The first kappa shape index (κ1) is 17.9. The second kappa shape index (κ2) is 9.01. The lowest BCUT2D eigenvalue weighted by Crippen LogP contribution is -2.41. The Bertz CT molecular complexity index is 470. The monoisotopic (exact) mass is 319 g/mol. The number of hydrogen-bond acceptors (Lipinski definition) is 4. The van der Waals surface area contributed by atoms with Crippen molar-refractivity contribution in [1.82, 2.24) is 15.1 Å². The number of likely N-dealkylation sites (tertiary alicyclic amines) is 1. The zero-order valence-electron chi connectivity index (χ0n) is 14.2. The van der Waals surface area contributed by atoms with E-state index in [1.807, 2.05) is 18.2 Å². The fourth-order valence-electron chi connectivity index (χ4n) is 2.88. The lowest BCUT2D eigenvalue weighted by Gasteiger charge is -2.32. The van der Waals surface area contributed by atoms with E-state index in [9.17, 15) is 9.90 Å². The van der Waals surface area contributed by atoms with Crippen LogP contribution in [0.4, 0.5) is 0 Å². The standard InChI is InChI=1S/C18H29N3O2/c1-20(2)12-13-21-10-8-15(9-11-21)14-19-18(23)17(22)16-6-4-3-5-7-16/h3-7,15,17,22H,8-14H2,1-2H3,(H,19,23). The van der Waals surface area contributed by atoms with Gasteiger partial charge in [-0.3, -0.25) is 4.79 Å². The van der Waals surface area contributed by atoms with Gasteiger partial charge in [0.1, 0.15) is 0 Å². The van der Waals surface area contributed by atoms with E-state index < -0.39 is 6.10 Å². The molecule has 1 atom stereocenters. The van der Waals surface area contributed by atoms with Gasteiger partial charge in [0, 0.05) is 19.6 Å². The smallest absolute Gasteiger partial charge is 0.253 e. The topological polar surface area (TPSA) is 55.8 Å². The van der Waals surface area contributed by atoms with E-state index in [1.54, 1.807) is 12.1 Å². The van der Waals surface area contributed by atoms with Crippen molar-refractivity contribution in [1.29, 1.82) is 0 Å². The SMILES string of the molecule is CN(C)CCN1CCC(CNC(=O)C(O)c2ccccc2)CC1. The quantitative estimate of drug-likeness (QED) is 0.790. The fraction of sp³-hybridized carbons (Fsp3) is 0.611. The number of piperidine rings is 1. The van der Waals surface area contributed by atoms with Crippen molar-refractivity contribution in [2.75, 3.05) is 46.8 Å². The van der Waals surface area contributed by atoms with Gasteiger partial charge in [0.2, 0.25) is 0 Å². The number of likely N-dealkylation sites (N-methyl/N-ethyl adjacent to an activating group) is 1. The average molecular weight is 319 g/mol. The molecule has 1 heterocycles. The molecule has 2 N–H and O–H groups in total. The molecule has 1 fully saturated rings. The van der Waals surface area contributed by atoms with Crippen molar-refractivity contribution < 1.29 is 9.90 Å². The summed E-state index contributed by atoms with van der Waals surface area (Å²) in [5, 5.41) is 13.0. The maximum atomic E-state index is 12.1. The Morgan fingerprint density at radius 3 is 2.57 bits per heavy atom. The second-order valence-corrected chi connectivity index (χ2v) is 6.65. The highest BCUT2D eigenvalue weighted by molar-refractivity contribution is 5.81. The number of nitrogens with zero attached hydrogens (tertiary/aromatic N) is 2. The molecule has 1 aliphatic rings. The summed E-state index contributed by atoms with van der Waals surface area (Å²) >= 11 is 0. The normalized spacial score (nSPS) is 18.1. The third-order valence-electron chi connectivity index (χ3n) is 4.50. The van der Waals surface area contributed by atoms with Gasteiger partial charge < -0.3 is 20.2 Å². The molecule has 1 aromatic carbocycles. The lowest BCUT2D eigenvalue weighted by atomic mass is 9.96. The highest BCUT2D eigenvalue weighted by Gasteiger charge is 2.22. The summed E-state index contributed by atoms with van der Waals surface area (Å²) in [4.78, 5) is 16.7. The number of aliphatic hydroxyl groups excluding tert-OH is 1. The first-order valence-corrected chi connectivity index (χ1v) is 8.44. The molecule has 23 heavy (non-hydrogen) atoms. The molecule has 1 aromatic rings. The van der Waals surface area contributed by atoms with E-state index >= 15 is 0 Å². The van der Waals surface area contributed by atoms with E-state index in [1.165, 1.54) is 0 Å². The van der Waals surface area contributed by atoms with Crippen molar-refractivity contribution in [2.24, 2.45) is 5.92 Å². The molecule has 1 saturated heterocycles. The number of amides is 1. The maximum absolute atomic E-state index is 12.1. The highest BCUT2D eigenvalue weighted by Crippen LogP contribution is 2.17. The average Bonchev–Trinajstić information content (AvgIpc) is 2.58. The Balaban J connectivity index is 1.68. The summed E-state index contributed by atoms with van der Waals surface area (Å²) in [6, 6.07) is 9.07. The largest absolute Gasteiger partial charge is 0.378 e. The Kier molecular flexibility index (Phi) is 7.02. The third kappa shape index (κ3) is 5.94. The number of carbonyl (C=O) groups excluding carboxylic acids is 1. The molecule has 5 heteroatoms. The van der Waals surface area contributed by atoms with Gasteiger partial charge in [0.05, 0.1) is 0 Å². The molecular formula is C18H29N3O2. The van der Waals surface area contributed by atoms with Crippen LogP contribution in [0.1, 0.15) is 24.5 Å². The molecule has 0 bridgehead atoms. The summed E-state index contributed by atoms with van der Waals surface area (Å²) in [6.45, 7) is 5.04. The third-order valence-corrected chi connectivity index (χ3v) is 4.50. The van der Waals surface area contributed by atoms with Crippen molar-refractivity contribution in [2.45, 2.75) is 18.9 Å². The van der Waals surface area contributed by atoms with Gasteiger partial charge in [0.25, 0.3) is 5.91 Å². The minimum Gasteiger partial charge on any atom is -0.378 e. The molecule has 1 unspecified atom stereocenters. The van der Waals surface area contributed by atoms with Gasteiger partial charge in [-0.25, -0.2) is 0 Å². The molecule has 5 nitrogen and oxygen atoms in total. The summed E-state index contributed by atoms with van der Waals surface area (Å²) in [5.41, 5.74) is 0.642. The van der Waals surface area contributed by atoms with Gasteiger partial charge in [-0.2, -0.15) is 0 Å². The van der Waals surface area contributed by atoms with Crippen molar-refractivity contribution in [3.05, 3.63) is 35.9 Å². The first-order valence-electron chi connectivity index (χ1n) is 8.44. The molecule has 0 aromatic heterocycles. The van der Waals surface area contributed by atoms with Crippen LogP contribution < -0.4 is 5.32 Å². The molecule has 1 amide bonds. The Morgan fingerprint density at radius 1 is 1.30 bits per heavy atom. The number of rotatable bonds is 7. The second-order valence-electron chi connectivity index (χ2n) is 6.65. The minimum atomic E-state index is -1.07. The van der Waals surface area contributed by atoms with Gasteiger partial charge in [0.15, 0.2) is 6.10 Å². The van der Waals surface area contributed by atoms with Crippen molar-refractivity contribution in [3.8, 4) is 0 Å². The van der Waals surface area contributed by atoms with Crippen LogP contribution in [0.2, 0.25) is 0 Å². The first-order chi connectivity index (χ1) is 11.1. The van der Waals surface area contributed by atoms with Gasteiger partial charge in [-0.15, -0.1) is 0 Å². The molecule has 128 valence electrons. The summed E-state index contributed by atoms with van der Waals surface area (Å²) in [6.07, 6.45) is 1.14. The van der Waals surface area contributed by atoms with Crippen LogP contribution in [-0.4, -0.2) is 67.6 Å². The lowest BCUT2D eigenvalue weighted by molar-refractivity contribution is -0.129. The van der Waals surface area contributed by atoms with Crippen LogP contribution >= 0.6 is 0 Å². The predicted molar refractivity (Wildman–Crippen MR) is 92.1 cm³/mol. The predicted octanol–water partition coefficient (Wildman–Crippen LogP) is 1.11. The molecule has 0 aliphatic carbocycles. The zero-order chi connectivity index (χ0) is 16.7. The van der Waals surface area contributed by atoms with Crippen LogP contribution in [0.5, 0.6) is 0 Å². The van der Waals surface area contributed by atoms with Crippen LogP contribution in [0.25, 0.3) is 0 Å². The summed E-state index contributed by atoms with van der Waals surface area (Å²) in [5.74, 6) is 0.212. The minimum absolute atomic E-state index is 0.300. The molecule has 2 rings (SSSR count). The van der Waals surface area contributed by atoms with E-state index in [-0.39, 0.29) is 5.91 Å². The van der Waals surface area contributed by atoms with Gasteiger partial charge >= 0.3 is 0 Å². The van der Waals surface area contributed by atoms with E-state index in [0.717, 1.165) is 39.0 Å². The molecule has 0 saturated carbocycles. The van der Waals surface area contributed by atoms with Crippen molar-refractivity contribution in [3.63, 3.8) is 0 Å². The Morgan fingerprint density at radius 2 is 1.96 bits per heavy atom. The van der Waals surface area contributed by atoms with Gasteiger partial charge in [-0.1, -0.05) is 30.3 Å². The van der Waals surface area contributed by atoms with E-state index in [4.69, 9.17) is 0 Å². The van der Waals surface area contributed by atoms with Crippen LogP contribution in [0.15, 0.2) is 30.3 Å². The van der Waals surface area contributed by atoms with Gasteiger partial charge in [-0.05, 0) is 51.5 Å². The maximum Gasteiger partial charge on any atom is 0.253 e. The Labute approximate surface area is 139 Å². The number of hydrogen-bond donors (Lipinski definition) is 2. The molecule has 1 aliphatic heterocycles. The number of carbonyl (C=O) groups is 1. The molecular weight excluding hydrogens is 290 g/mol. The van der Waals surface area contributed by atoms with Crippen molar-refractivity contribution >= 4 is 5.91 Å². The van der Waals surface area contributed by atoms with Crippen LogP contribution in [0.3, 0.4) is 0 Å².